The standard InChI is InChI=1S/C5H4O2SSe2/c1-8-5-9-2-3(10-5)4(6)7/h2H,1H3/p+1. The van der Waals surface area contributed by atoms with Crippen LogP contribution in [0.15, 0.2) is 7.58 Å². The number of carboxylic acids is 1. The zero-order chi connectivity index (χ0) is 7.56. The molecule has 0 bridgehead atoms. The molecule has 0 radical (unpaired) electrons. The first-order valence-electron chi connectivity index (χ1n) is 2.43. The first-order valence-corrected chi connectivity index (χ1v) is 7.21. The second kappa shape index (κ2) is 3.74. The summed E-state index contributed by atoms with van der Waals surface area (Å²) < 4.78 is 2.01. The van der Waals surface area contributed by atoms with Crippen molar-refractivity contribution in [3.63, 3.8) is 0 Å². The van der Waals surface area contributed by atoms with Crippen LogP contribution in [0.3, 0.4) is 0 Å². The molecule has 1 aromatic rings. The van der Waals surface area contributed by atoms with E-state index in [0.29, 0.717) is 18.9 Å². The number of rotatable bonds is 2. The van der Waals surface area contributed by atoms with Crippen molar-refractivity contribution in [2.24, 2.45) is 0 Å². The number of hydrogen-bond acceptors (Lipinski definition) is 2. The predicted octanol–water partition coefficient (Wildman–Crippen LogP) is 0.502. The van der Waals surface area contributed by atoms with Gasteiger partial charge in [0.25, 0.3) is 0 Å². The van der Waals surface area contributed by atoms with E-state index < -0.39 is 5.97 Å². The molecule has 1 heterocycles. The molecule has 0 spiro atoms. The van der Waals surface area contributed by atoms with Gasteiger partial charge in [0.15, 0.2) is 0 Å². The molecule has 0 aliphatic heterocycles. The summed E-state index contributed by atoms with van der Waals surface area (Å²) in [5.41, 5.74) is 0. The monoisotopic (exact) mass is 289 g/mol. The third-order valence-electron chi connectivity index (χ3n) is 0.833. The van der Waals surface area contributed by atoms with Crippen LogP contribution < -0.4 is 0 Å². The summed E-state index contributed by atoms with van der Waals surface area (Å²) in [5.74, 6) is -0.731. The summed E-state index contributed by atoms with van der Waals surface area (Å²) >= 11 is 2.21. The molecular formula is C5H5O2SSe2+. The number of carbonyl (C=O) groups is 1. The van der Waals surface area contributed by atoms with Crippen molar-refractivity contribution in [3.05, 3.63) is 9.38 Å². The van der Waals surface area contributed by atoms with Crippen LogP contribution in [0.2, 0.25) is 0 Å². The van der Waals surface area contributed by atoms with Crippen molar-refractivity contribution < 1.29 is 9.90 Å². The third-order valence-corrected chi connectivity index (χ3v) is 9.48. The molecule has 0 saturated carbocycles. The van der Waals surface area contributed by atoms with E-state index in [2.05, 4.69) is 0 Å². The molecule has 1 rings (SSSR count). The van der Waals surface area contributed by atoms with Crippen LogP contribution in [-0.2, 0) is 0 Å². The molecule has 5 heteroatoms. The van der Waals surface area contributed by atoms with E-state index >= 15 is 0 Å². The molecule has 1 N–H and O–H groups in total. The summed E-state index contributed by atoms with van der Waals surface area (Å²) in [6.45, 7) is 0. The van der Waals surface area contributed by atoms with Crippen LogP contribution in [0.25, 0.3) is 0 Å². The molecule has 2 nitrogen and oxygen atoms in total. The Hall–Kier alpha value is 0.469. The van der Waals surface area contributed by atoms with Gasteiger partial charge in [0.1, 0.15) is 0 Å². The van der Waals surface area contributed by atoms with Crippen LogP contribution in [0.5, 0.6) is 0 Å². The van der Waals surface area contributed by atoms with Crippen LogP contribution in [0, 0.1) is 0 Å². The van der Waals surface area contributed by atoms with Crippen LogP contribution >= 0.6 is 11.8 Å². The molecule has 10 heavy (non-hydrogen) atoms. The molecule has 54 valence electrons. The van der Waals surface area contributed by atoms with Gasteiger partial charge in [-0.3, -0.25) is 0 Å². The summed E-state index contributed by atoms with van der Waals surface area (Å²) in [7, 11) is 0. The van der Waals surface area contributed by atoms with E-state index in [1.54, 1.807) is 11.8 Å². The van der Waals surface area contributed by atoms with Gasteiger partial charge >= 0.3 is 74.9 Å². The quantitative estimate of drug-likeness (QED) is 0.636. The summed E-state index contributed by atoms with van der Waals surface area (Å²) in [6.07, 6.45) is 2.01. The molecule has 0 amide bonds. The normalized spacial score (nSPS) is 9.70. The first-order chi connectivity index (χ1) is 4.74. The zero-order valence-electron chi connectivity index (χ0n) is 5.16. The molecule has 0 aliphatic rings. The van der Waals surface area contributed by atoms with Crippen molar-refractivity contribution in [3.8, 4) is 0 Å². The van der Waals surface area contributed by atoms with E-state index in [-0.39, 0.29) is 14.5 Å². The van der Waals surface area contributed by atoms with Gasteiger partial charge in [-0.05, 0) is 0 Å². The molecule has 0 saturated heterocycles. The fourth-order valence-corrected chi connectivity index (χ4v) is 6.93. The van der Waals surface area contributed by atoms with E-state index in [1.807, 2.05) is 11.2 Å². The summed E-state index contributed by atoms with van der Waals surface area (Å²) in [5, 5.41) is 8.56. The zero-order valence-corrected chi connectivity index (χ0v) is 9.40. The van der Waals surface area contributed by atoms with Gasteiger partial charge in [0.05, 0.1) is 0 Å². The van der Waals surface area contributed by atoms with Gasteiger partial charge in [-0.1, -0.05) is 0 Å². The Morgan fingerprint density at radius 3 is 2.90 bits per heavy atom. The topological polar surface area (TPSA) is 37.3 Å². The fraction of sp³-hybridized carbons (Fsp3) is 0.200. The van der Waals surface area contributed by atoms with Crippen molar-refractivity contribution in [1.29, 1.82) is 0 Å². The number of hydrogen-bond donors (Lipinski definition) is 1. The van der Waals surface area contributed by atoms with Crippen molar-refractivity contribution >= 4 is 46.7 Å². The van der Waals surface area contributed by atoms with Gasteiger partial charge < -0.3 is 0 Å². The Bertz CT molecular complexity index is 246. The van der Waals surface area contributed by atoms with Crippen molar-refractivity contribution in [2.45, 2.75) is 2.64 Å². The Morgan fingerprint density at radius 2 is 2.60 bits per heavy atom. The second-order valence-corrected chi connectivity index (χ2v) is 8.81. The van der Waals surface area contributed by atoms with Gasteiger partial charge in [0, 0.05) is 0 Å². The van der Waals surface area contributed by atoms with Crippen molar-refractivity contribution in [2.75, 3.05) is 6.26 Å². The predicted molar refractivity (Wildman–Crippen MR) is 43.5 cm³/mol. The van der Waals surface area contributed by atoms with Gasteiger partial charge in [0.2, 0.25) is 0 Å². The van der Waals surface area contributed by atoms with E-state index in [4.69, 9.17) is 5.11 Å². The van der Waals surface area contributed by atoms with E-state index in [0.717, 1.165) is 0 Å². The Morgan fingerprint density at radius 1 is 1.90 bits per heavy atom. The van der Waals surface area contributed by atoms with E-state index in [1.165, 1.54) is 2.64 Å². The molecule has 1 aromatic heterocycles. The molecule has 0 aliphatic carbocycles. The summed E-state index contributed by atoms with van der Waals surface area (Å²) in [4.78, 5) is 12.3. The Labute approximate surface area is 74.8 Å². The number of thioether (sulfide) groups is 1. The number of carboxylic acid groups (broad SMARTS) is 1. The van der Waals surface area contributed by atoms with Crippen LogP contribution in [0.4, 0.5) is 0 Å². The Kier molecular flexibility index (Phi) is 3.21. The minimum atomic E-state index is -0.731. The molecular weight excluding hydrogens is 282 g/mol. The SMILES string of the molecule is CSc1[se]c(C(=O)O)c[se+]1. The van der Waals surface area contributed by atoms with Crippen LogP contribution in [0.1, 0.15) is 9.23 Å². The Balaban J connectivity index is 2.88. The third kappa shape index (κ3) is 1.97. The van der Waals surface area contributed by atoms with E-state index in [9.17, 15) is 4.79 Å². The maximum absolute atomic E-state index is 10.4. The van der Waals surface area contributed by atoms with Crippen molar-refractivity contribution in [1.82, 2.24) is 0 Å². The van der Waals surface area contributed by atoms with Gasteiger partial charge in [-0.25, -0.2) is 0 Å². The molecule has 0 unspecified atom stereocenters. The summed E-state index contributed by atoms with van der Waals surface area (Å²) in [6, 6.07) is 0. The van der Waals surface area contributed by atoms with Gasteiger partial charge in [-0.15, -0.1) is 0 Å². The fourth-order valence-electron chi connectivity index (χ4n) is 0.423. The van der Waals surface area contributed by atoms with Gasteiger partial charge in [-0.2, -0.15) is 0 Å². The minimum absolute atomic E-state index is 0.144. The first kappa shape index (κ1) is 8.56. The average molecular weight is 287 g/mol. The molecule has 0 aromatic carbocycles. The van der Waals surface area contributed by atoms with Crippen LogP contribution in [-0.4, -0.2) is 46.3 Å². The second-order valence-electron chi connectivity index (χ2n) is 1.46. The molecule has 0 atom stereocenters. The molecule has 0 fully saturated rings. The maximum atomic E-state index is 10.4. The number of aromatic carboxylic acids is 1. The average Bonchev–Trinajstić information content (AvgIpc) is 2.34.